The molecule has 0 aliphatic rings. The van der Waals surface area contributed by atoms with Crippen LogP contribution in [0, 0.1) is 6.92 Å². The third kappa shape index (κ3) is 3.94. The molecule has 1 heterocycles. The molecule has 1 N–H and O–H groups in total. The molecule has 3 rings (SSSR count). The van der Waals surface area contributed by atoms with Crippen molar-refractivity contribution in [1.29, 1.82) is 0 Å². The van der Waals surface area contributed by atoms with E-state index in [2.05, 4.69) is 37.0 Å². The molecule has 0 atom stereocenters. The lowest BCUT2D eigenvalue weighted by molar-refractivity contribution is 0.319. The second kappa shape index (κ2) is 8.03. The summed E-state index contributed by atoms with van der Waals surface area (Å²) < 4.78 is 24.2. The van der Waals surface area contributed by atoms with Crippen molar-refractivity contribution in [3.05, 3.63) is 71.9 Å². The Balaban J connectivity index is 2.08. The molecule has 0 saturated heterocycles. The highest BCUT2D eigenvalue weighted by atomic mass is 32.2. The van der Waals surface area contributed by atoms with Gasteiger partial charge in [0.05, 0.1) is 22.9 Å². The number of nitrogens with zero attached hydrogens (tertiary/aromatic N) is 1. The number of benzene rings is 2. The Labute approximate surface area is 160 Å². The predicted molar refractivity (Wildman–Crippen MR) is 108 cm³/mol. The maximum absolute atomic E-state index is 12.1. The molecule has 0 fully saturated rings. The average molecular weight is 381 g/mol. The molecule has 0 radical (unpaired) electrons. The lowest BCUT2D eigenvalue weighted by Crippen LogP contribution is -2.09. The number of pyridine rings is 1. The van der Waals surface area contributed by atoms with E-state index in [4.69, 9.17) is 5.11 Å². The molecule has 140 valence electrons. The van der Waals surface area contributed by atoms with Crippen molar-refractivity contribution in [3.8, 4) is 22.4 Å². The Bertz CT molecular complexity index is 1040. The standard InChI is InChI=1S/C22H23NO3S/c1-3-19-20(7-4-8-21(19)22-16(2)6-5-13-23-22)17-9-11-18(12-10-17)27(25,26)15-14-24/h4-13,24H,3,14-15H2,1-2H3. The van der Waals surface area contributed by atoms with Crippen LogP contribution in [0.2, 0.25) is 0 Å². The Morgan fingerprint density at radius 3 is 2.30 bits per heavy atom. The number of sulfone groups is 1. The summed E-state index contributed by atoms with van der Waals surface area (Å²) in [5.41, 5.74) is 6.42. The first kappa shape index (κ1) is 19.3. The molecule has 1 aromatic heterocycles. The molecule has 0 amide bonds. The van der Waals surface area contributed by atoms with Gasteiger partial charge in [0.2, 0.25) is 0 Å². The Kier molecular flexibility index (Phi) is 5.73. The van der Waals surface area contributed by atoms with Gasteiger partial charge in [-0.15, -0.1) is 0 Å². The van der Waals surface area contributed by atoms with Gasteiger partial charge < -0.3 is 5.11 Å². The Morgan fingerprint density at radius 2 is 1.67 bits per heavy atom. The predicted octanol–water partition coefficient (Wildman–Crippen LogP) is 4.05. The molecule has 5 heteroatoms. The van der Waals surface area contributed by atoms with Crippen LogP contribution in [0.15, 0.2) is 65.7 Å². The summed E-state index contributed by atoms with van der Waals surface area (Å²) in [5.74, 6) is -0.263. The van der Waals surface area contributed by atoms with Crippen molar-refractivity contribution < 1.29 is 13.5 Å². The summed E-state index contributed by atoms with van der Waals surface area (Å²) in [6.45, 7) is 3.78. The van der Waals surface area contributed by atoms with Gasteiger partial charge in [0, 0.05) is 11.8 Å². The van der Waals surface area contributed by atoms with Crippen LogP contribution in [0.1, 0.15) is 18.1 Å². The van der Waals surface area contributed by atoms with Crippen LogP contribution in [0.3, 0.4) is 0 Å². The molecule has 4 nitrogen and oxygen atoms in total. The van der Waals surface area contributed by atoms with Gasteiger partial charge in [0.25, 0.3) is 0 Å². The van der Waals surface area contributed by atoms with Gasteiger partial charge in [0.1, 0.15) is 0 Å². The molecule has 3 aromatic rings. The number of hydrogen-bond acceptors (Lipinski definition) is 4. The monoisotopic (exact) mass is 381 g/mol. The number of aliphatic hydroxyl groups is 1. The highest BCUT2D eigenvalue weighted by Crippen LogP contribution is 2.33. The molecule has 0 unspecified atom stereocenters. The molecule has 0 bridgehead atoms. The summed E-state index contributed by atoms with van der Waals surface area (Å²) >= 11 is 0. The summed E-state index contributed by atoms with van der Waals surface area (Å²) in [4.78, 5) is 4.79. The van der Waals surface area contributed by atoms with Gasteiger partial charge in [-0.3, -0.25) is 4.98 Å². The zero-order valence-electron chi connectivity index (χ0n) is 15.5. The summed E-state index contributed by atoms with van der Waals surface area (Å²) in [6, 6.07) is 17.0. The Hall–Kier alpha value is -2.50. The zero-order chi connectivity index (χ0) is 19.4. The third-order valence-corrected chi connectivity index (χ3v) is 6.39. The minimum atomic E-state index is -3.44. The molecule has 2 aromatic carbocycles. The summed E-state index contributed by atoms with van der Waals surface area (Å²) in [5, 5.41) is 8.94. The van der Waals surface area contributed by atoms with Crippen molar-refractivity contribution in [1.82, 2.24) is 4.98 Å². The molecule has 27 heavy (non-hydrogen) atoms. The first-order valence-corrected chi connectivity index (χ1v) is 10.6. The lowest BCUT2D eigenvalue weighted by atomic mass is 9.91. The van der Waals surface area contributed by atoms with Gasteiger partial charge >= 0.3 is 0 Å². The van der Waals surface area contributed by atoms with Crippen LogP contribution in [-0.4, -0.2) is 30.9 Å². The van der Waals surface area contributed by atoms with Crippen LogP contribution in [0.4, 0.5) is 0 Å². The fourth-order valence-electron chi connectivity index (χ4n) is 3.31. The van der Waals surface area contributed by atoms with Crippen molar-refractivity contribution in [2.24, 2.45) is 0 Å². The van der Waals surface area contributed by atoms with Crippen molar-refractivity contribution in [2.75, 3.05) is 12.4 Å². The van der Waals surface area contributed by atoms with Gasteiger partial charge in [-0.1, -0.05) is 43.3 Å². The van der Waals surface area contributed by atoms with Gasteiger partial charge in [-0.05, 0) is 53.8 Å². The minimum absolute atomic E-state index is 0.232. The van der Waals surface area contributed by atoms with Gasteiger partial charge in [-0.2, -0.15) is 0 Å². The fraction of sp³-hybridized carbons (Fsp3) is 0.227. The summed E-state index contributed by atoms with van der Waals surface area (Å²) in [6.07, 6.45) is 2.64. The number of aryl methyl sites for hydroxylation is 1. The second-order valence-corrected chi connectivity index (χ2v) is 8.53. The molecule has 0 aliphatic heterocycles. The van der Waals surface area contributed by atoms with Crippen LogP contribution < -0.4 is 0 Å². The van der Waals surface area contributed by atoms with E-state index >= 15 is 0 Å². The van der Waals surface area contributed by atoms with E-state index in [-0.39, 0.29) is 17.3 Å². The molecule has 0 aliphatic carbocycles. The SMILES string of the molecule is CCc1c(-c2ccc(S(=O)(=O)CCO)cc2)cccc1-c1ncccc1C. The Morgan fingerprint density at radius 1 is 0.963 bits per heavy atom. The maximum Gasteiger partial charge on any atom is 0.180 e. The van der Waals surface area contributed by atoms with Crippen molar-refractivity contribution in [2.45, 2.75) is 25.2 Å². The zero-order valence-corrected chi connectivity index (χ0v) is 16.3. The number of aliphatic hydroxyl groups excluding tert-OH is 1. The van der Waals surface area contributed by atoms with Crippen LogP contribution in [0.5, 0.6) is 0 Å². The highest BCUT2D eigenvalue weighted by molar-refractivity contribution is 7.91. The number of hydrogen-bond donors (Lipinski definition) is 1. The van der Waals surface area contributed by atoms with E-state index in [9.17, 15) is 8.42 Å². The van der Waals surface area contributed by atoms with Crippen LogP contribution >= 0.6 is 0 Å². The van der Waals surface area contributed by atoms with Crippen LogP contribution in [0.25, 0.3) is 22.4 Å². The topological polar surface area (TPSA) is 67.3 Å². The smallest absolute Gasteiger partial charge is 0.180 e. The van der Waals surface area contributed by atoms with E-state index in [1.54, 1.807) is 18.3 Å². The number of rotatable bonds is 6. The highest BCUT2D eigenvalue weighted by Gasteiger charge is 2.16. The average Bonchev–Trinajstić information content (AvgIpc) is 2.68. The van der Waals surface area contributed by atoms with Gasteiger partial charge in [-0.25, -0.2) is 8.42 Å². The first-order valence-electron chi connectivity index (χ1n) is 8.96. The lowest BCUT2D eigenvalue weighted by Gasteiger charge is -2.15. The normalized spacial score (nSPS) is 11.5. The first-order chi connectivity index (χ1) is 13.0. The summed E-state index contributed by atoms with van der Waals surface area (Å²) in [7, 11) is -3.44. The maximum atomic E-state index is 12.1. The number of aromatic nitrogens is 1. The second-order valence-electron chi connectivity index (χ2n) is 6.42. The van der Waals surface area contributed by atoms with E-state index < -0.39 is 9.84 Å². The van der Waals surface area contributed by atoms with E-state index in [0.29, 0.717) is 0 Å². The third-order valence-electron chi connectivity index (χ3n) is 4.68. The molecular formula is C22H23NO3S. The van der Waals surface area contributed by atoms with E-state index in [1.807, 2.05) is 24.3 Å². The molecular weight excluding hydrogens is 358 g/mol. The van der Waals surface area contributed by atoms with Gasteiger partial charge in [0.15, 0.2) is 9.84 Å². The van der Waals surface area contributed by atoms with Crippen LogP contribution in [-0.2, 0) is 16.3 Å². The molecule has 0 spiro atoms. The molecule has 0 saturated carbocycles. The van der Waals surface area contributed by atoms with E-state index in [1.165, 1.54) is 5.56 Å². The quantitative estimate of drug-likeness (QED) is 0.699. The van der Waals surface area contributed by atoms with Crippen molar-refractivity contribution >= 4 is 9.84 Å². The largest absolute Gasteiger partial charge is 0.395 e. The fourth-order valence-corrected chi connectivity index (χ4v) is 4.33. The van der Waals surface area contributed by atoms with Crippen molar-refractivity contribution in [3.63, 3.8) is 0 Å². The minimum Gasteiger partial charge on any atom is -0.395 e. The van der Waals surface area contributed by atoms with E-state index in [0.717, 1.165) is 34.4 Å².